The Morgan fingerprint density at radius 3 is 2.53 bits per heavy atom. The van der Waals surface area contributed by atoms with Crippen molar-refractivity contribution in [2.75, 3.05) is 33.2 Å². The number of likely N-dealkylation sites (tertiary alicyclic amines) is 1. The number of amides is 1. The van der Waals surface area contributed by atoms with Crippen LogP contribution in [0.3, 0.4) is 0 Å². The van der Waals surface area contributed by atoms with E-state index in [9.17, 15) is 14.0 Å². The maximum absolute atomic E-state index is 13.3. The van der Waals surface area contributed by atoms with Crippen LogP contribution in [0.1, 0.15) is 61.0 Å². The number of hydrogen-bond donors (Lipinski definition) is 0. The van der Waals surface area contributed by atoms with Gasteiger partial charge >= 0.3 is 5.97 Å². The van der Waals surface area contributed by atoms with Crippen molar-refractivity contribution >= 4 is 11.9 Å². The normalized spacial score (nSPS) is 24.6. The summed E-state index contributed by atoms with van der Waals surface area (Å²) in [5, 5.41) is 0. The summed E-state index contributed by atoms with van der Waals surface area (Å²) >= 11 is 0. The highest BCUT2D eigenvalue weighted by atomic mass is 19.1. The van der Waals surface area contributed by atoms with Gasteiger partial charge in [-0.15, -0.1) is 0 Å². The number of piperidine rings is 1. The van der Waals surface area contributed by atoms with Crippen molar-refractivity contribution in [2.24, 2.45) is 5.92 Å². The lowest BCUT2D eigenvalue weighted by Crippen LogP contribution is -2.43. The first-order chi connectivity index (χ1) is 16.4. The molecule has 0 atom stereocenters. The van der Waals surface area contributed by atoms with Crippen molar-refractivity contribution in [2.45, 2.75) is 50.5 Å². The molecule has 3 aliphatic rings. The first kappa shape index (κ1) is 23.0. The maximum atomic E-state index is 13.3. The fraction of sp³-hybridized carbons (Fsp3) is 0.519. The summed E-state index contributed by atoms with van der Waals surface area (Å²) < 4.78 is 19.2. The molecule has 1 saturated carbocycles. The number of ether oxygens (including phenoxy) is 1. The van der Waals surface area contributed by atoms with Crippen molar-refractivity contribution in [3.8, 4) is 11.3 Å². The standard InChI is InChI=1S/C27H32FN3O3/c1-30(17-18-31-15-3-2-4-16-31)25(32)20-11-13-27(14-12-20)22-9-10-23(29-24(22)26(33)34-27)19-5-7-21(28)8-6-19/h5-10,20H,2-4,11-18H2,1H3. The van der Waals surface area contributed by atoms with Crippen molar-refractivity contribution in [1.82, 2.24) is 14.8 Å². The lowest BCUT2D eigenvalue weighted by molar-refractivity contribution is -0.137. The molecule has 1 aromatic heterocycles. The quantitative estimate of drug-likeness (QED) is 0.613. The monoisotopic (exact) mass is 465 g/mol. The Labute approximate surface area is 200 Å². The van der Waals surface area contributed by atoms with E-state index >= 15 is 0 Å². The van der Waals surface area contributed by atoms with Crippen LogP contribution in [-0.4, -0.2) is 59.9 Å². The molecule has 1 aliphatic carbocycles. The van der Waals surface area contributed by atoms with E-state index in [4.69, 9.17) is 4.74 Å². The van der Waals surface area contributed by atoms with E-state index in [1.807, 2.05) is 24.1 Å². The predicted octanol–water partition coefficient (Wildman–Crippen LogP) is 4.39. The van der Waals surface area contributed by atoms with Crippen molar-refractivity contribution < 1.29 is 18.7 Å². The number of esters is 1. The summed E-state index contributed by atoms with van der Waals surface area (Å²) in [6.07, 6.45) is 6.45. The third-order valence-corrected chi connectivity index (χ3v) is 7.73. The molecule has 7 heteroatoms. The molecule has 0 N–H and O–H groups in total. The second-order valence-electron chi connectivity index (χ2n) is 9.92. The van der Waals surface area contributed by atoms with E-state index in [-0.39, 0.29) is 17.6 Å². The first-order valence-electron chi connectivity index (χ1n) is 12.4. The Bertz CT molecular complexity index is 1060. The molecule has 2 aromatic rings. The average Bonchev–Trinajstić information content (AvgIpc) is 3.14. The van der Waals surface area contributed by atoms with E-state index in [1.54, 1.807) is 12.1 Å². The highest BCUT2D eigenvalue weighted by Gasteiger charge is 2.49. The van der Waals surface area contributed by atoms with Gasteiger partial charge in [-0.3, -0.25) is 4.79 Å². The van der Waals surface area contributed by atoms with Crippen LogP contribution in [0.2, 0.25) is 0 Å². The number of benzene rings is 1. The number of halogens is 1. The average molecular weight is 466 g/mol. The number of fused-ring (bicyclic) bond motifs is 2. The van der Waals surface area contributed by atoms with Crippen LogP contribution >= 0.6 is 0 Å². The number of pyridine rings is 1. The van der Waals surface area contributed by atoms with Crippen LogP contribution in [0.15, 0.2) is 36.4 Å². The Hall–Kier alpha value is -2.80. The molecule has 1 aromatic carbocycles. The predicted molar refractivity (Wildman–Crippen MR) is 127 cm³/mol. The molecular formula is C27H32FN3O3. The Morgan fingerprint density at radius 1 is 1.12 bits per heavy atom. The zero-order chi connectivity index (χ0) is 23.7. The number of rotatable bonds is 5. The molecule has 1 saturated heterocycles. The van der Waals surface area contributed by atoms with E-state index in [1.165, 1.54) is 31.4 Å². The molecular weight excluding hydrogens is 433 g/mol. The van der Waals surface area contributed by atoms with Gasteiger partial charge < -0.3 is 14.5 Å². The van der Waals surface area contributed by atoms with Gasteiger partial charge in [-0.05, 0) is 81.9 Å². The van der Waals surface area contributed by atoms with E-state index < -0.39 is 11.6 Å². The summed E-state index contributed by atoms with van der Waals surface area (Å²) in [5.41, 5.74) is 1.83. The Balaban J connectivity index is 1.23. The molecule has 1 spiro atoms. The van der Waals surface area contributed by atoms with Crippen LogP contribution < -0.4 is 0 Å². The highest BCUT2D eigenvalue weighted by molar-refractivity contribution is 5.93. The third-order valence-electron chi connectivity index (χ3n) is 7.73. The topological polar surface area (TPSA) is 62.7 Å². The summed E-state index contributed by atoms with van der Waals surface area (Å²) in [7, 11) is 1.91. The molecule has 2 fully saturated rings. The number of carbonyl (C=O) groups excluding carboxylic acids is 2. The van der Waals surface area contributed by atoms with Crippen LogP contribution in [0.4, 0.5) is 4.39 Å². The number of likely N-dealkylation sites (N-methyl/N-ethyl adjacent to an activating group) is 1. The van der Waals surface area contributed by atoms with Crippen molar-refractivity contribution in [3.05, 3.63) is 53.5 Å². The summed E-state index contributed by atoms with van der Waals surface area (Å²) in [4.78, 5) is 34.7. The fourth-order valence-electron chi connectivity index (χ4n) is 5.64. The summed E-state index contributed by atoms with van der Waals surface area (Å²) in [6.45, 7) is 3.96. The summed E-state index contributed by atoms with van der Waals surface area (Å²) in [6, 6.07) is 9.84. The first-order valence-corrected chi connectivity index (χ1v) is 12.4. The zero-order valence-corrected chi connectivity index (χ0v) is 19.8. The molecule has 34 heavy (non-hydrogen) atoms. The van der Waals surface area contributed by atoms with Gasteiger partial charge in [0, 0.05) is 37.2 Å². The van der Waals surface area contributed by atoms with Gasteiger partial charge in [0.25, 0.3) is 0 Å². The Morgan fingerprint density at radius 2 is 1.82 bits per heavy atom. The molecule has 180 valence electrons. The maximum Gasteiger partial charge on any atom is 0.358 e. The van der Waals surface area contributed by atoms with Crippen LogP contribution in [0.5, 0.6) is 0 Å². The minimum absolute atomic E-state index is 0.0359. The lowest BCUT2D eigenvalue weighted by atomic mass is 9.75. The number of aromatic nitrogens is 1. The van der Waals surface area contributed by atoms with Gasteiger partial charge in [0.05, 0.1) is 5.69 Å². The molecule has 0 unspecified atom stereocenters. The van der Waals surface area contributed by atoms with Gasteiger partial charge in [-0.25, -0.2) is 14.2 Å². The van der Waals surface area contributed by atoms with Gasteiger partial charge in [0.1, 0.15) is 11.4 Å². The summed E-state index contributed by atoms with van der Waals surface area (Å²) in [5.74, 6) is -0.568. The fourth-order valence-corrected chi connectivity index (χ4v) is 5.64. The number of carbonyl (C=O) groups is 2. The van der Waals surface area contributed by atoms with Crippen molar-refractivity contribution in [3.63, 3.8) is 0 Å². The second kappa shape index (κ2) is 9.45. The van der Waals surface area contributed by atoms with Gasteiger partial charge in [-0.2, -0.15) is 0 Å². The van der Waals surface area contributed by atoms with Crippen LogP contribution in [-0.2, 0) is 15.1 Å². The molecule has 3 heterocycles. The minimum atomic E-state index is -0.691. The SMILES string of the molecule is CN(CCN1CCCCC1)C(=O)C1CCC2(CC1)OC(=O)c1nc(-c3ccc(F)cc3)ccc12. The Kier molecular flexibility index (Phi) is 6.38. The second-order valence-corrected chi connectivity index (χ2v) is 9.92. The minimum Gasteiger partial charge on any atom is -0.449 e. The van der Waals surface area contributed by atoms with E-state index in [0.29, 0.717) is 37.1 Å². The van der Waals surface area contributed by atoms with Crippen LogP contribution in [0, 0.1) is 11.7 Å². The van der Waals surface area contributed by atoms with Gasteiger partial charge in [-0.1, -0.05) is 12.5 Å². The van der Waals surface area contributed by atoms with Crippen LogP contribution in [0.25, 0.3) is 11.3 Å². The molecule has 2 aliphatic heterocycles. The molecule has 5 rings (SSSR count). The van der Waals surface area contributed by atoms with Gasteiger partial charge in [0.15, 0.2) is 5.69 Å². The van der Waals surface area contributed by atoms with Crippen molar-refractivity contribution in [1.29, 1.82) is 0 Å². The largest absolute Gasteiger partial charge is 0.449 e. The number of hydrogen-bond acceptors (Lipinski definition) is 5. The number of nitrogens with zero attached hydrogens (tertiary/aromatic N) is 3. The van der Waals surface area contributed by atoms with Gasteiger partial charge in [0.2, 0.25) is 5.91 Å². The molecule has 1 amide bonds. The smallest absolute Gasteiger partial charge is 0.358 e. The lowest BCUT2D eigenvalue weighted by Gasteiger charge is -2.37. The molecule has 0 radical (unpaired) electrons. The third kappa shape index (κ3) is 4.45. The molecule has 6 nitrogen and oxygen atoms in total. The van der Waals surface area contributed by atoms with E-state index in [2.05, 4.69) is 9.88 Å². The van der Waals surface area contributed by atoms with E-state index in [0.717, 1.165) is 37.3 Å². The highest BCUT2D eigenvalue weighted by Crippen LogP contribution is 2.48. The zero-order valence-electron chi connectivity index (χ0n) is 19.8. The molecule has 0 bridgehead atoms.